The number of aromatic nitrogens is 2. The van der Waals surface area contributed by atoms with E-state index in [1.807, 2.05) is 6.92 Å². The van der Waals surface area contributed by atoms with E-state index in [-0.39, 0.29) is 17.9 Å². The number of carbonyl (C=O) groups excluding carboxylic acids is 3. The van der Waals surface area contributed by atoms with E-state index < -0.39 is 23.8 Å². The predicted molar refractivity (Wildman–Crippen MR) is 70.7 cm³/mol. The number of nitrogens with zero attached hydrogens (tertiary/aromatic N) is 3. The fourth-order valence-corrected chi connectivity index (χ4v) is 2.15. The molecule has 1 aromatic rings. The van der Waals surface area contributed by atoms with Crippen LogP contribution in [0.15, 0.2) is 0 Å². The molecule has 1 aliphatic heterocycles. The van der Waals surface area contributed by atoms with Gasteiger partial charge >= 0.3 is 0 Å². The number of nitrogens with two attached hydrogens (primary N) is 1. The van der Waals surface area contributed by atoms with E-state index in [1.54, 1.807) is 13.8 Å². The smallest absolute Gasteiger partial charge is 0.275 e. The molecule has 1 atom stereocenters. The predicted octanol–water partition coefficient (Wildman–Crippen LogP) is -0.719. The van der Waals surface area contributed by atoms with E-state index in [9.17, 15) is 14.4 Å². The normalized spacial score (nSPS) is 19.1. The monoisotopic (exact) mass is 279 g/mol. The fourth-order valence-electron chi connectivity index (χ4n) is 2.15. The van der Waals surface area contributed by atoms with Crippen LogP contribution in [0.2, 0.25) is 0 Å². The minimum Gasteiger partial charge on any atom is -0.395 e. The van der Waals surface area contributed by atoms with Gasteiger partial charge in [0, 0.05) is 6.54 Å². The van der Waals surface area contributed by atoms with Crippen molar-refractivity contribution in [3.8, 4) is 0 Å². The third-order valence-electron chi connectivity index (χ3n) is 3.36. The molecule has 2 rings (SSSR count). The molecule has 1 unspecified atom stereocenters. The van der Waals surface area contributed by atoms with Gasteiger partial charge in [-0.1, -0.05) is 0 Å². The lowest BCUT2D eigenvalue weighted by Gasteiger charge is -2.31. The molecule has 0 aromatic carbocycles. The maximum Gasteiger partial charge on any atom is 0.275 e. The lowest BCUT2D eigenvalue weighted by molar-refractivity contribution is -0.138. The number of anilines is 1. The van der Waals surface area contributed by atoms with Gasteiger partial charge in [-0.3, -0.25) is 24.4 Å². The molecule has 20 heavy (non-hydrogen) atoms. The molecular weight excluding hydrogens is 262 g/mol. The molecule has 108 valence electrons. The molecule has 0 spiro atoms. The number of imide groups is 1. The minimum absolute atomic E-state index is 0.168. The summed E-state index contributed by atoms with van der Waals surface area (Å²) in [6, 6.07) is -0.722. The Bertz CT molecular complexity index is 592. The number of nitrogen functional groups attached to an aromatic ring is 1. The Morgan fingerprint density at radius 1 is 1.50 bits per heavy atom. The number of carbonyl (C=O) groups is 3. The van der Waals surface area contributed by atoms with E-state index in [4.69, 9.17) is 5.73 Å². The number of nitrogens with one attached hydrogen (secondary N) is 1. The zero-order chi connectivity index (χ0) is 15.0. The Hall–Kier alpha value is -2.38. The summed E-state index contributed by atoms with van der Waals surface area (Å²) in [5.41, 5.74) is 6.94. The molecule has 1 aliphatic rings. The van der Waals surface area contributed by atoms with Crippen LogP contribution in [0.4, 0.5) is 5.69 Å². The molecule has 3 amide bonds. The summed E-state index contributed by atoms with van der Waals surface area (Å²) in [5, 5.41) is 6.35. The van der Waals surface area contributed by atoms with Gasteiger partial charge in [0.25, 0.3) is 5.91 Å². The van der Waals surface area contributed by atoms with Gasteiger partial charge < -0.3 is 10.6 Å². The van der Waals surface area contributed by atoms with Crippen molar-refractivity contribution in [3.63, 3.8) is 0 Å². The number of hydrogen-bond donors (Lipinski definition) is 2. The van der Waals surface area contributed by atoms with Crippen molar-refractivity contribution in [2.75, 3.05) is 12.3 Å². The first-order valence-corrected chi connectivity index (χ1v) is 6.34. The number of rotatable bonds is 2. The van der Waals surface area contributed by atoms with Gasteiger partial charge in [0.2, 0.25) is 11.8 Å². The van der Waals surface area contributed by atoms with Gasteiger partial charge in [0.05, 0.1) is 11.4 Å². The van der Waals surface area contributed by atoms with Crippen LogP contribution in [0.5, 0.6) is 0 Å². The van der Waals surface area contributed by atoms with Crippen molar-refractivity contribution < 1.29 is 14.4 Å². The van der Waals surface area contributed by atoms with E-state index in [0.29, 0.717) is 12.2 Å². The zero-order valence-electron chi connectivity index (χ0n) is 11.6. The van der Waals surface area contributed by atoms with E-state index in [0.717, 1.165) is 0 Å². The van der Waals surface area contributed by atoms with Crippen LogP contribution < -0.4 is 11.1 Å². The van der Waals surface area contributed by atoms with Crippen LogP contribution in [-0.4, -0.2) is 45.0 Å². The summed E-state index contributed by atoms with van der Waals surface area (Å²) in [6.45, 7) is 5.41. The van der Waals surface area contributed by atoms with Crippen molar-refractivity contribution in [3.05, 3.63) is 11.4 Å². The van der Waals surface area contributed by atoms with Gasteiger partial charge in [-0.2, -0.15) is 5.10 Å². The highest BCUT2D eigenvalue weighted by Gasteiger charge is 2.36. The van der Waals surface area contributed by atoms with Crippen LogP contribution in [0.1, 0.15) is 30.0 Å². The summed E-state index contributed by atoms with van der Waals surface area (Å²) in [4.78, 5) is 36.8. The fraction of sp³-hybridized carbons (Fsp3) is 0.500. The Kier molecular flexibility index (Phi) is 3.47. The van der Waals surface area contributed by atoms with Crippen molar-refractivity contribution in [2.45, 2.75) is 33.4 Å². The molecule has 0 aliphatic carbocycles. The molecule has 1 fully saturated rings. The summed E-state index contributed by atoms with van der Waals surface area (Å²) in [5.74, 6) is -1.45. The largest absolute Gasteiger partial charge is 0.395 e. The third-order valence-corrected chi connectivity index (χ3v) is 3.36. The number of amides is 3. The Morgan fingerprint density at radius 3 is 2.75 bits per heavy atom. The Labute approximate surface area is 115 Å². The highest BCUT2D eigenvalue weighted by molar-refractivity contribution is 6.08. The van der Waals surface area contributed by atoms with Crippen molar-refractivity contribution in [2.24, 2.45) is 0 Å². The Balaban J connectivity index is 2.40. The third kappa shape index (κ3) is 2.13. The van der Waals surface area contributed by atoms with E-state index >= 15 is 0 Å². The van der Waals surface area contributed by atoms with Crippen molar-refractivity contribution in [1.82, 2.24) is 20.0 Å². The van der Waals surface area contributed by atoms with E-state index in [1.165, 1.54) is 9.58 Å². The SMILES string of the molecule is CCn1nc(C)c(N)c1C(=O)N1CC(=O)NC(=O)C1C. The molecule has 0 bridgehead atoms. The molecule has 1 saturated heterocycles. The molecule has 0 radical (unpaired) electrons. The second-order valence-electron chi connectivity index (χ2n) is 4.68. The first-order chi connectivity index (χ1) is 9.36. The van der Waals surface area contributed by atoms with Gasteiger partial charge in [0.1, 0.15) is 18.3 Å². The van der Waals surface area contributed by atoms with Gasteiger partial charge in [-0.25, -0.2) is 0 Å². The zero-order valence-corrected chi connectivity index (χ0v) is 11.6. The molecular formula is C12H17N5O3. The molecule has 1 aromatic heterocycles. The summed E-state index contributed by atoms with van der Waals surface area (Å²) in [6.07, 6.45) is 0. The maximum atomic E-state index is 12.6. The lowest BCUT2D eigenvalue weighted by atomic mass is 10.1. The van der Waals surface area contributed by atoms with E-state index in [2.05, 4.69) is 10.4 Å². The standard InChI is InChI=1S/C12H17N5O3/c1-4-17-10(9(13)6(2)15-17)12(20)16-5-8(18)14-11(19)7(16)3/h7H,4-5,13H2,1-3H3,(H,14,18,19). The summed E-state index contributed by atoms with van der Waals surface area (Å²) in [7, 11) is 0. The minimum atomic E-state index is -0.722. The first kappa shape index (κ1) is 14.0. The topological polar surface area (TPSA) is 110 Å². The lowest BCUT2D eigenvalue weighted by Crippen LogP contribution is -2.58. The Morgan fingerprint density at radius 2 is 2.15 bits per heavy atom. The summed E-state index contributed by atoms with van der Waals surface area (Å²) >= 11 is 0. The van der Waals surface area contributed by atoms with Crippen LogP contribution in [0.3, 0.4) is 0 Å². The molecule has 2 heterocycles. The van der Waals surface area contributed by atoms with Gasteiger partial charge in [-0.05, 0) is 20.8 Å². The first-order valence-electron chi connectivity index (χ1n) is 6.34. The maximum absolute atomic E-state index is 12.6. The van der Waals surface area contributed by atoms with Crippen LogP contribution in [-0.2, 0) is 16.1 Å². The quantitative estimate of drug-likeness (QED) is 0.694. The molecule has 0 saturated carbocycles. The average Bonchev–Trinajstić information content (AvgIpc) is 2.68. The number of hydrogen-bond acceptors (Lipinski definition) is 5. The van der Waals surface area contributed by atoms with Crippen LogP contribution in [0.25, 0.3) is 0 Å². The second kappa shape index (κ2) is 4.95. The van der Waals surface area contributed by atoms with Crippen molar-refractivity contribution in [1.29, 1.82) is 0 Å². The second-order valence-corrected chi connectivity index (χ2v) is 4.68. The van der Waals surface area contributed by atoms with Gasteiger partial charge in [0.15, 0.2) is 0 Å². The molecule has 8 nitrogen and oxygen atoms in total. The highest BCUT2D eigenvalue weighted by atomic mass is 16.2. The molecule has 3 N–H and O–H groups in total. The average molecular weight is 279 g/mol. The van der Waals surface area contributed by atoms with Crippen molar-refractivity contribution >= 4 is 23.4 Å². The number of aryl methyl sites for hydroxylation is 2. The van der Waals surface area contributed by atoms with Crippen LogP contribution in [0, 0.1) is 6.92 Å². The van der Waals surface area contributed by atoms with Gasteiger partial charge in [-0.15, -0.1) is 0 Å². The summed E-state index contributed by atoms with van der Waals surface area (Å²) < 4.78 is 1.48. The molecule has 8 heteroatoms. The van der Waals surface area contributed by atoms with Crippen LogP contribution >= 0.6 is 0 Å². The number of piperazine rings is 1. The highest BCUT2D eigenvalue weighted by Crippen LogP contribution is 2.20.